The molecule has 2 aromatic rings. The molecular weight excluding hydrogens is 328 g/mol. The number of hydrogen-bond donors (Lipinski definition) is 2. The van der Waals surface area contributed by atoms with Gasteiger partial charge in [-0.15, -0.1) is 12.4 Å². The van der Waals surface area contributed by atoms with Crippen molar-refractivity contribution >= 4 is 29.3 Å². The highest BCUT2D eigenvalue weighted by Crippen LogP contribution is 2.13. The van der Waals surface area contributed by atoms with Crippen LogP contribution in [-0.2, 0) is 17.9 Å². The SMILES string of the molecule is CCCn1c(=O)n(CCC(=O)NCCC(C)N)c2ccccc21.Cl. The summed E-state index contributed by atoms with van der Waals surface area (Å²) in [6, 6.07) is 7.79. The number of benzene rings is 1. The maximum Gasteiger partial charge on any atom is 0.329 e. The summed E-state index contributed by atoms with van der Waals surface area (Å²) in [5, 5.41) is 2.84. The lowest BCUT2D eigenvalue weighted by Crippen LogP contribution is -2.31. The molecule has 7 heteroatoms. The van der Waals surface area contributed by atoms with Crippen LogP contribution in [0.2, 0.25) is 0 Å². The number of imidazole rings is 1. The number of rotatable bonds is 8. The lowest BCUT2D eigenvalue weighted by molar-refractivity contribution is -0.121. The van der Waals surface area contributed by atoms with E-state index in [2.05, 4.69) is 5.32 Å². The molecule has 2 rings (SSSR count). The second kappa shape index (κ2) is 9.49. The number of aromatic nitrogens is 2. The number of nitrogens with two attached hydrogens (primary N) is 1. The van der Waals surface area contributed by atoms with Gasteiger partial charge in [0.25, 0.3) is 0 Å². The quantitative estimate of drug-likeness (QED) is 0.759. The minimum atomic E-state index is -0.0510. The van der Waals surface area contributed by atoms with Crippen LogP contribution in [0.4, 0.5) is 0 Å². The van der Waals surface area contributed by atoms with Crippen molar-refractivity contribution in [1.29, 1.82) is 0 Å². The second-order valence-electron chi connectivity index (χ2n) is 5.94. The van der Waals surface area contributed by atoms with Crippen LogP contribution in [0.3, 0.4) is 0 Å². The molecular formula is C17H27ClN4O2. The van der Waals surface area contributed by atoms with Crippen molar-refractivity contribution < 1.29 is 4.79 Å². The van der Waals surface area contributed by atoms with Gasteiger partial charge in [0.15, 0.2) is 0 Å². The summed E-state index contributed by atoms with van der Waals surface area (Å²) in [7, 11) is 0. The minimum Gasteiger partial charge on any atom is -0.356 e. The molecule has 0 fully saturated rings. The first-order valence-electron chi connectivity index (χ1n) is 8.25. The summed E-state index contributed by atoms with van der Waals surface area (Å²) >= 11 is 0. The van der Waals surface area contributed by atoms with E-state index in [0.717, 1.165) is 23.9 Å². The van der Waals surface area contributed by atoms with Crippen LogP contribution in [-0.4, -0.2) is 27.6 Å². The Morgan fingerprint density at radius 2 is 1.79 bits per heavy atom. The van der Waals surface area contributed by atoms with Gasteiger partial charge in [0.2, 0.25) is 5.91 Å². The van der Waals surface area contributed by atoms with Crippen LogP contribution in [0.25, 0.3) is 11.0 Å². The monoisotopic (exact) mass is 354 g/mol. The van der Waals surface area contributed by atoms with Crippen LogP contribution in [0.1, 0.15) is 33.1 Å². The Bertz CT molecular complexity index is 721. The van der Waals surface area contributed by atoms with Gasteiger partial charge in [-0.1, -0.05) is 19.1 Å². The zero-order chi connectivity index (χ0) is 16.8. The topological polar surface area (TPSA) is 82.0 Å². The summed E-state index contributed by atoms with van der Waals surface area (Å²) in [6.07, 6.45) is 1.94. The predicted octanol–water partition coefficient (Wildman–Crippen LogP) is 1.88. The van der Waals surface area contributed by atoms with E-state index in [1.165, 1.54) is 0 Å². The van der Waals surface area contributed by atoms with Crippen molar-refractivity contribution in [2.45, 2.75) is 52.2 Å². The Morgan fingerprint density at radius 1 is 1.21 bits per heavy atom. The molecule has 1 unspecified atom stereocenters. The largest absolute Gasteiger partial charge is 0.356 e. The Balaban J connectivity index is 0.00000288. The van der Waals surface area contributed by atoms with E-state index in [4.69, 9.17) is 5.73 Å². The van der Waals surface area contributed by atoms with Crippen LogP contribution in [0.15, 0.2) is 29.1 Å². The number of nitrogens with zero attached hydrogens (tertiary/aromatic N) is 2. The number of fused-ring (bicyclic) bond motifs is 1. The number of nitrogens with one attached hydrogen (secondary N) is 1. The van der Waals surface area contributed by atoms with Crippen LogP contribution < -0.4 is 16.7 Å². The van der Waals surface area contributed by atoms with Gasteiger partial charge in [-0.3, -0.25) is 13.9 Å². The van der Waals surface area contributed by atoms with E-state index in [-0.39, 0.29) is 30.0 Å². The first-order chi connectivity index (χ1) is 11.0. The van der Waals surface area contributed by atoms with Gasteiger partial charge < -0.3 is 11.1 Å². The molecule has 6 nitrogen and oxygen atoms in total. The molecule has 1 amide bonds. The van der Waals surface area contributed by atoms with Crippen LogP contribution in [0, 0.1) is 0 Å². The van der Waals surface area contributed by atoms with Crippen LogP contribution >= 0.6 is 12.4 Å². The Hall–Kier alpha value is -1.79. The lowest BCUT2D eigenvalue weighted by Gasteiger charge is -2.07. The smallest absolute Gasteiger partial charge is 0.329 e. The number of carbonyl (C=O) groups is 1. The number of halogens is 1. The number of amides is 1. The fraction of sp³-hybridized carbons (Fsp3) is 0.529. The van der Waals surface area contributed by atoms with E-state index in [0.29, 0.717) is 26.1 Å². The number of carbonyl (C=O) groups excluding carboxylic acids is 1. The van der Waals surface area contributed by atoms with Crippen molar-refractivity contribution in [3.05, 3.63) is 34.7 Å². The van der Waals surface area contributed by atoms with Crippen molar-refractivity contribution in [1.82, 2.24) is 14.5 Å². The standard InChI is InChI=1S/C17H26N4O2.ClH/c1-3-11-20-14-6-4-5-7-15(14)21(17(20)23)12-9-16(22)19-10-8-13(2)18;/h4-7,13H,3,8-12,18H2,1-2H3,(H,19,22);1H. The van der Waals surface area contributed by atoms with Gasteiger partial charge in [0.1, 0.15) is 0 Å². The molecule has 0 aliphatic heterocycles. The fourth-order valence-corrected chi connectivity index (χ4v) is 2.67. The van der Waals surface area contributed by atoms with Crippen molar-refractivity contribution in [2.75, 3.05) is 6.54 Å². The Kier molecular flexibility index (Phi) is 8.01. The lowest BCUT2D eigenvalue weighted by atomic mass is 10.2. The van der Waals surface area contributed by atoms with Crippen molar-refractivity contribution in [3.63, 3.8) is 0 Å². The van der Waals surface area contributed by atoms with Gasteiger partial charge in [-0.25, -0.2) is 4.79 Å². The molecule has 3 N–H and O–H groups in total. The maximum atomic E-state index is 12.6. The summed E-state index contributed by atoms with van der Waals surface area (Å²) in [5.41, 5.74) is 7.42. The molecule has 0 aliphatic carbocycles. The number of hydrogen-bond acceptors (Lipinski definition) is 3. The van der Waals surface area contributed by atoms with Gasteiger partial charge in [-0.05, 0) is 31.9 Å². The second-order valence-corrected chi connectivity index (χ2v) is 5.94. The molecule has 0 radical (unpaired) electrons. The third-order valence-electron chi connectivity index (χ3n) is 3.86. The first-order valence-corrected chi connectivity index (χ1v) is 8.25. The molecule has 0 bridgehead atoms. The minimum absolute atomic E-state index is 0. The number of aryl methyl sites for hydroxylation is 2. The van der Waals surface area contributed by atoms with Crippen molar-refractivity contribution in [3.8, 4) is 0 Å². The van der Waals surface area contributed by atoms with E-state index in [1.807, 2.05) is 38.1 Å². The average molecular weight is 355 g/mol. The van der Waals surface area contributed by atoms with Gasteiger partial charge in [0, 0.05) is 32.1 Å². The average Bonchev–Trinajstić information content (AvgIpc) is 2.78. The van der Waals surface area contributed by atoms with Gasteiger partial charge in [-0.2, -0.15) is 0 Å². The molecule has 1 heterocycles. The zero-order valence-electron chi connectivity index (χ0n) is 14.3. The normalized spacial score (nSPS) is 12.0. The molecule has 134 valence electrons. The third kappa shape index (κ3) is 4.85. The van der Waals surface area contributed by atoms with Gasteiger partial charge >= 0.3 is 5.69 Å². The molecule has 0 spiro atoms. The van der Waals surface area contributed by atoms with E-state index < -0.39 is 0 Å². The fourth-order valence-electron chi connectivity index (χ4n) is 2.67. The Labute approximate surface area is 148 Å². The molecule has 0 saturated carbocycles. The zero-order valence-corrected chi connectivity index (χ0v) is 15.1. The summed E-state index contributed by atoms with van der Waals surface area (Å²) < 4.78 is 3.47. The third-order valence-corrected chi connectivity index (χ3v) is 3.86. The predicted molar refractivity (Wildman–Crippen MR) is 99.6 cm³/mol. The molecule has 1 aromatic heterocycles. The molecule has 0 aliphatic rings. The maximum absolute atomic E-state index is 12.6. The summed E-state index contributed by atoms with van der Waals surface area (Å²) in [4.78, 5) is 24.5. The highest BCUT2D eigenvalue weighted by atomic mass is 35.5. The summed E-state index contributed by atoms with van der Waals surface area (Å²) in [6.45, 7) is 5.61. The molecule has 0 saturated heterocycles. The summed E-state index contributed by atoms with van der Waals surface area (Å²) in [5.74, 6) is -0.0510. The van der Waals surface area contributed by atoms with E-state index >= 15 is 0 Å². The Morgan fingerprint density at radius 3 is 2.33 bits per heavy atom. The van der Waals surface area contributed by atoms with E-state index in [1.54, 1.807) is 9.13 Å². The molecule has 1 atom stereocenters. The van der Waals surface area contributed by atoms with Gasteiger partial charge in [0.05, 0.1) is 11.0 Å². The molecule has 24 heavy (non-hydrogen) atoms. The highest BCUT2D eigenvalue weighted by Gasteiger charge is 2.13. The first kappa shape index (κ1) is 20.3. The van der Waals surface area contributed by atoms with Crippen molar-refractivity contribution in [2.24, 2.45) is 5.73 Å². The van der Waals surface area contributed by atoms with Crippen LogP contribution in [0.5, 0.6) is 0 Å². The van der Waals surface area contributed by atoms with E-state index in [9.17, 15) is 9.59 Å². The molecule has 1 aromatic carbocycles. The highest BCUT2D eigenvalue weighted by molar-refractivity contribution is 5.85. The number of para-hydroxylation sites is 2.